The van der Waals surface area contributed by atoms with Gasteiger partial charge in [0.2, 0.25) is 5.88 Å². The van der Waals surface area contributed by atoms with Crippen LogP contribution in [-0.4, -0.2) is 74.8 Å². The van der Waals surface area contributed by atoms with Crippen LogP contribution in [0.1, 0.15) is 42.2 Å². The number of hydrogen-bond acceptors (Lipinski definition) is 8. The quantitative estimate of drug-likeness (QED) is 0.361. The van der Waals surface area contributed by atoms with E-state index < -0.39 is 18.6 Å². The number of halogens is 3. The molecule has 2 N–H and O–H groups in total. The number of rotatable bonds is 10. The molecule has 3 aromatic rings. The Morgan fingerprint density at radius 2 is 2.10 bits per heavy atom. The number of alkyl halides is 2. The average Bonchev–Trinajstić information content (AvgIpc) is 3.59. The third kappa shape index (κ3) is 6.68. The van der Waals surface area contributed by atoms with Gasteiger partial charge in [0, 0.05) is 48.8 Å². The van der Waals surface area contributed by atoms with Crippen molar-refractivity contribution in [2.75, 3.05) is 19.8 Å². The van der Waals surface area contributed by atoms with E-state index in [0.29, 0.717) is 29.1 Å². The Labute approximate surface area is 239 Å². The number of amides is 2. The summed E-state index contributed by atoms with van der Waals surface area (Å²) < 4.78 is 44.3. The maximum Gasteiger partial charge on any atom is 0.410 e. The molecule has 5 rings (SSSR count). The molecule has 0 radical (unpaired) electrons. The molecule has 2 fully saturated rings. The minimum absolute atomic E-state index is 0.0245. The zero-order chi connectivity index (χ0) is 29.1. The fourth-order valence-electron chi connectivity index (χ4n) is 4.64. The van der Waals surface area contributed by atoms with Gasteiger partial charge in [0.1, 0.15) is 36.3 Å². The maximum absolute atomic E-state index is 13.4. The van der Waals surface area contributed by atoms with Gasteiger partial charge in [0.05, 0.1) is 18.3 Å². The molecule has 0 bridgehead atoms. The first kappa shape index (κ1) is 28.6. The van der Waals surface area contributed by atoms with Crippen LogP contribution in [0.5, 0.6) is 11.6 Å². The third-order valence-corrected chi connectivity index (χ3v) is 6.95. The van der Waals surface area contributed by atoms with Gasteiger partial charge in [-0.3, -0.25) is 4.79 Å². The van der Waals surface area contributed by atoms with Crippen molar-refractivity contribution in [3.63, 3.8) is 0 Å². The minimum atomic E-state index is -2.87. The van der Waals surface area contributed by atoms with Crippen molar-refractivity contribution in [3.05, 3.63) is 58.9 Å². The number of hydrogen-bond donors (Lipinski definition) is 2. The largest absolute Gasteiger partial charge is 0.488 e. The fourth-order valence-corrected chi connectivity index (χ4v) is 4.77. The first-order valence-corrected chi connectivity index (χ1v) is 13.4. The number of carbonyl (C=O) groups excluding carboxylic acids is 2. The van der Waals surface area contributed by atoms with Crippen LogP contribution in [0.15, 0.2) is 42.7 Å². The van der Waals surface area contributed by atoms with E-state index in [4.69, 9.17) is 25.8 Å². The molecular weight excluding hydrogens is 564 g/mol. The summed E-state index contributed by atoms with van der Waals surface area (Å²) in [6.45, 7) is -0.691. The van der Waals surface area contributed by atoms with Crippen molar-refractivity contribution in [2.45, 2.75) is 51.1 Å². The predicted octanol–water partition coefficient (Wildman–Crippen LogP) is 4.05. The first-order valence-electron chi connectivity index (χ1n) is 13.0. The standard InChI is InChI=1S/C27H28ClF2N5O6/c1-15(36)13-39-25-21(24(37)31-10-16-2-4-18(28)5-3-16)9-22(23(33-25)17-11-32-35(12-17)26(29)30)41-20-6-7-34-19(8-20)14-40-27(34)38/h2-5,9,11-12,15,19-20,26,36H,6-8,10,13-14H2,1H3,(H,31,37)/t15?,19-,20-/m0/s1. The molecule has 2 saturated heterocycles. The molecule has 1 aromatic carbocycles. The number of cyclic esters (lactones) is 1. The molecular formula is C27H28ClF2N5O6. The molecule has 2 aromatic heterocycles. The first-order chi connectivity index (χ1) is 19.7. The molecule has 41 heavy (non-hydrogen) atoms. The lowest BCUT2D eigenvalue weighted by Crippen LogP contribution is -2.44. The zero-order valence-corrected chi connectivity index (χ0v) is 22.8. The summed E-state index contributed by atoms with van der Waals surface area (Å²) in [4.78, 5) is 31.4. The fraction of sp³-hybridized carbons (Fsp3) is 0.407. The van der Waals surface area contributed by atoms with E-state index in [1.165, 1.54) is 19.2 Å². The Bertz CT molecular complexity index is 1400. The van der Waals surface area contributed by atoms with Gasteiger partial charge in [-0.2, -0.15) is 13.9 Å². The van der Waals surface area contributed by atoms with Gasteiger partial charge in [-0.1, -0.05) is 23.7 Å². The van der Waals surface area contributed by atoms with E-state index >= 15 is 0 Å². The molecule has 14 heteroatoms. The van der Waals surface area contributed by atoms with E-state index in [9.17, 15) is 23.5 Å². The van der Waals surface area contributed by atoms with Crippen LogP contribution >= 0.6 is 11.6 Å². The predicted molar refractivity (Wildman–Crippen MR) is 142 cm³/mol. The average molecular weight is 592 g/mol. The molecule has 218 valence electrons. The molecule has 4 heterocycles. The molecule has 11 nitrogen and oxygen atoms in total. The lowest BCUT2D eigenvalue weighted by Gasteiger charge is -2.33. The number of aliphatic hydroxyl groups excluding tert-OH is 1. The zero-order valence-electron chi connectivity index (χ0n) is 22.0. The number of benzene rings is 1. The minimum Gasteiger partial charge on any atom is -0.488 e. The van der Waals surface area contributed by atoms with Crippen molar-refractivity contribution >= 4 is 23.6 Å². The van der Waals surface area contributed by atoms with Crippen molar-refractivity contribution in [1.82, 2.24) is 25.0 Å². The van der Waals surface area contributed by atoms with E-state index in [2.05, 4.69) is 15.4 Å². The molecule has 2 aliphatic heterocycles. The topological polar surface area (TPSA) is 128 Å². The van der Waals surface area contributed by atoms with E-state index in [0.717, 1.165) is 11.8 Å². The van der Waals surface area contributed by atoms with Crippen LogP contribution in [0.3, 0.4) is 0 Å². The third-order valence-electron chi connectivity index (χ3n) is 6.69. The summed E-state index contributed by atoms with van der Waals surface area (Å²) in [6, 6.07) is 8.24. The Balaban J connectivity index is 1.48. The Morgan fingerprint density at radius 1 is 1.32 bits per heavy atom. The number of piperidine rings is 1. The Hall–Kier alpha value is -3.97. The Kier molecular flexibility index (Phi) is 8.54. The van der Waals surface area contributed by atoms with Gasteiger partial charge in [-0.25, -0.2) is 14.5 Å². The van der Waals surface area contributed by atoms with Gasteiger partial charge in [0.15, 0.2) is 0 Å². The van der Waals surface area contributed by atoms with Crippen LogP contribution in [0.4, 0.5) is 13.6 Å². The monoisotopic (exact) mass is 591 g/mol. The second kappa shape index (κ2) is 12.3. The van der Waals surface area contributed by atoms with E-state index in [1.54, 1.807) is 29.2 Å². The molecule has 0 aliphatic carbocycles. The number of nitrogens with zero attached hydrogens (tertiary/aromatic N) is 4. The van der Waals surface area contributed by atoms with Crippen LogP contribution in [0.2, 0.25) is 5.02 Å². The summed E-state index contributed by atoms with van der Waals surface area (Å²) in [6.07, 6.45) is 1.68. The highest BCUT2D eigenvalue weighted by Gasteiger charge is 2.39. The lowest BCUT2D eigenvalue weighted by molar-refractivity contribution is 0.0566. The van der Waals surface area contributed by atoms with E-state index in [1.807, 2.05) is 0 Å². The van der Waals surface area contributed by atoms with Gasteiger partial charge in [0.25, 0.3) is 5.91 Å². The number of fused-ring (bicyclic) bond motifs is 1. The number of carbonyl (C=O) groups is 2. The van der Waals surface area contributed by atoms with Crippen LogP contribution in [0, 0.1) is 0 Å². The number of ether oxygens (including phenoxy) is 3. The summed E-state index contributed by atoms with van der Waals surface area (Å²) in [7, 11) is 0. The lowest BCUT2D eigenvalue weighted by atomic mass is 10.0. The van der Waals surface area contributed by atoms with Crippen molar-refractivity contribution < 1.29 is 37.7 Å². The second-order valence-electron chi connectivity index (χ2n) is 9.83. The highest BCUT2D eigenvalue weighted by Crippen LogP contribution is 2.36. The van der Waals surface area contributed by atoms with Gasteiger partial charge in [-0.05, 0) is 24.6 Å². The van der Waals surface area contributed by atoms with Gasteiger partial charge in [-0.15, -0.1) is 0 Å². The number of pyridine rings is 1. The molecule has 0 spiro atoms. The second-order valence-corrected chi connectivity index (χ2v) is 10.3. The SMILES string of the molecule is CC(O)COc1nc(-c2cnn(C(F)F)c2)c(O[C@H]2CCN3C(=O)OC[C@@H]3C2)cc1C(=O)NCc1ccc(Cl)cc1. The number of aliphatic hydroxyl groups is 1. The molecule has 1 unspecified atom stereocenters. The molecule has 2 aliphatic rings. The van der Waals surface area contributed by atoms with Gasteiger partial charge < -0.3 is 29.5 Å². The number of aromatic nitrogens is 3. The highest BCUT2D eigenvalue weighted by atomic mass is 35.5. The van der Waals surface area contributed by atoms with Gasteiger partial charge >= 0.3 is 12.6 Å². The number of nitrogens with one attached hydrogen (secondary N) is 1. The summed E-state index contributed by atoms with van der Waals surface area (Å²) in [5.41, 5.74) is 1.17. The van der Waals surface area contributed by atoms with E-state index in [-0.39, 0.29) is 66.4 Å². The molecule has 3 atom stereocenters. The van der Waals surface area contributed by atoms with Crippen LogP contribution in [-0.2, 0) is 11.3 Å². The molecule has 0 saturated carbocycles. The van der Waals surface area contributed by atoms with Crippen molar-refractivity contribution in [2.24, 2.45) is 0 Å². The molecule has 2 amide bonds. The highest BCUT2D eigenvalue weighted by molar-refractivity contribution is 6.30. The summed E-state index contributed by atoms with van der Waals surface area (Å²) in [5, 5.41) is 16.9. The summed E-state index contributed by atoms with van der Waals surface area (Å²) in [5.74, 6) is -0.489. The van der Waals surface area contributed by atoms with Crippen molar-refractivity contribution in [3.8, 4) is 22.9 Å². The Morgan fingerprint density at radius 3 is 2.80 bits per heavy atom. The summed E-state index contributed by atoms with van der Waals surface area (Å²) >= 11 is 5.95. The van der Waals surface area contributed by atoms with Crippen molar-refractivity contribution in [1.29, 1.82) is 0 Å². The van der Waals surface area contributed by atoms with Crippen LogP contribution in [0.25, 0.3) is 11.3 Å². The van der Waals surface area contributed by atoms with Crippen LogP contribution < -0.4 is 14.8 Å². The maximum atomic E-state index is 13.4. The smallest absolute Gasteiger partial charge is 0.410 e. The normalized spacial score (nSPS) is 19.1.